The summed E-state index contributed by atoms with van der Waals surface area (Å²) in [5.41, 5.74) is 0. The summed E-state index contributed by atoms with van der Waals surface area (Å²) in [4.78, 5) is 10.8. The van der Waals surface area contributed by atoms with Crippen LogP contribution in [0, 0.1) is 13.8 Å². The summed E-state index contributed by atoms with van der Waals surface area (Å²) in [6.07, 6.45) is 1.71. The SMILES string of the molecule is Cc1noc([C@@H]2[C@@H](C)OCCN2Cc2ncc(C)o2)n1. The first kappa shape index (κ1) is 13.3. The smallest absolute Gasteiger partial charge is 0.246 e. The van der Waals surface area contributed by atoms with Gasteiger partial charge in [-0.1, -0.05) is 5.16 Å². The maximum absolute atomic E-state index is 5.71. The predicted octanol–water partition coefficient (Wildman–Crippen LogP) is 1.64. The quantitative estimate of drug-likeness (QED) is 0.844. The zero-order valence-electron chi connectivity index (χ0n) is 11.9. The van der Waals surface area contributed by atoms with Gasteiger partial charge in [-0.05, 0) is 20.8 Å². The van der Waals surface area contributed by atoms with Gasteiger partial charge < -0.3 is 13.7 Å². The fraction of sp³-hybridized carbons (Fsp3) is 0.615. The molecular formula is C13H18N4O3. The third-order valence-electron chi connectivity index (χ3n) is 3.40. The van der Waals surface area contributed by atoms with Crippen LogP contribution in [0.3, 0.4) is 0 Å². The lowest BCUT2D eigenvalue weighted by Crippen LogP contribution is -2.43. The Labute approximate surface area is 116 Å². The van der Waals surface area contributed by atoms with Crippen molar-refractivity contribution in [1.29, 1.82) is 0 Å². The van der Waals surface area contributed by atoms with Crippen molar-refractivity contribution >= 4 is 0 Å². The number of hydrogen-bond donors (Lipinski definition) is 0. The van der Waals surface area contributed by atoms with Gasteiger partial charge in [0.1, 0.15) is 11.8 Å². The van der Waals surface area contributed by atoms with Gasteiger partial charge in [0.2, 0.25) is 11.8 Å². The number of ether oxygens (including phenoxy) is 1. The largest absolute Gasteiger partial charge is 0.445 e. The molecule has 1 aliphatic rings. The molecule has 2 aromatic heterocycles. The van der Waals surface area contributed by atoms with Crippen LogP contribution in [0.4, 0.5) is 0 Å². The second-order valence-corrected chi connectivity index (χ2v) is 5.04. The van der Waals surface area contributed by atoms with Crippen LogP contribution in [0.5, 0.6) is 0 Å². The van der Waals surface area contributed by atoms with E-state index >= 15 is 0 Å². The Balaban J connectivity index is 1.82. The highest BCUT2D eigenvalue weighted by Gasteiger charge is 2.35. The van der Waals surface area contributed by atoms with E-state index in [9.17, 15) is 0 Å². The van der Waals surface area contributed by atoms with Crippen LogP contribution >= 0.6 is 0 Å². The highest BCUT2D eigenvalue weighted by atomic mass is 16.5. The molecule has 0 amide bonds. The van der Waals surface area contributed by atoms with E-state index in [-0.39, 0.29) is 12.1 Å². The highest BCUT2D eigenvalue weighted by Crippen LogP contribution is 2.29. The molecule has 20 heavy (non-hydrogen) atoms. The first-order chi connectivity index (χ1) is 9.63. The van der Waals surface area contributed by atoms with E-state index < -0.39 is 0 Å². The van der Waals surface area contributed by atoms with E-state index in [1.54, 1.807) is 6.20 Å². The van der Waals surface area contributed by atoms with Gasteiger partial charge in [0, 0.05) is 6.54 Å². The second-order valence-electron chi connectivity index (χ2n) is 5.04. The van der Waals surface area contributed by atoms with Crippen LogP contribution in [-0.2, 0) is 11.3 Å². The van der Waals surface area contributed by atoms with Crippen molar-refractivity contribution in [2.75, 3.05) is 13.2 Å². The zero-order chi connectivity index (χ0) is 14.1. The van der Waals surface area contributed by atoms with Crippen molar-refractivity contribution in [1.82, 2.24) is 20.0 Å². The van der Waals surface area contributed by atoms with E-state index in [0.29, 0.717) is 30.8 Å². The minimum absolute atomic E-state index is 0.0142. The Morgan fingerprint density at radius 3 is 2.90 bits per heavy atom. The molecule has 0 saturated carbocycles. The van der Waals surface area contributed by atoms with E-state index in [2.05, 4.69) is 20.0 Å². The monoisotopic (exact) mass is 278 g/mol. The normalized spacial score (nSPS) is 24.1. The van der Waals surface area contributed by atoms with Gasteiger partial charge in [0.15, 0.2) is 5.82 Å². The Bertz CT molecular complexity index is 580. The number of rotatable bonds is 3. The van der Waals surface area contributed by atoms with Crippen LogP contribution in [0.1, 0.15) is 36.3 Å². The van der Waals surface area contributed by atoms with Crippen LogP contribution in [-0.4, -0.2) is 39.3 Å². The van der Waals surface area contributed by atoms with Crippen molar-refractivity contribution in [3.05, 3.63) is 29.6 Å². The number of aromatic nitrogens is 3. The summed E-state index contributed by atoms with van der Waals surface area (Å²) in [7, 11) is 0. The van der Waals surface area contributed by atoms with Gasteiger partial charge in [-0.3, -0.25) is 4.90 Å². The first-order valence-corrected chi connectivity index (χ1v) is 6.70. The molecule has 0 spiro atoms. The Kier molecular flexibility index (Phi) is 3.54. The van der Waals surface area contributed by atoms with Gasteiger partial charge in [0.25, 0.3) is 0 Å². The molecule has 0 aliphatic carbocycles. The van der Waals surface area contributed by atoms with Crippen molar-refractivity contribution in [3.8, 4) is 0 Å². The number of hydrogen-bond acceptors (Lipinski definition) is 7. The average Bonchev–Trinajstić information content (AvgIpc) is 2.99. The molecule has 0 unspecified atom stereocenters. The van der Waals surface area contributed by atoms with Gasteiger partial charge in [-0.2, -0.15) is 4.98 Å². The Morgan fingerprint density at radius 2 is 2.25 bits per heavy atom. The van der Waals surface area contributed by atoms with Crippen molar-refractivity contribution in [2.24, 2.45) is 0 Å². The summed E-state index contributed by atoms with van der Waals surface area (Å²) in [6, 6.07) is -0.0721. The summed E-state index contributed by atoms with van der Waals surface area (Å²) < 4.78 is 16.6. The summed E-state index contributed by atoms with van der Waals surface area (Å²) >= 11 is 0. The van der Waals surface area contributed by atoms with Crippen LogP contribution in [0.15, 0.2) is 15.1 Å². The van der Waals surface area contributed by atoms with Gasteiger partial charge in [0.05, 0.1) is 25.5 Å². The number of nitrogens with zero attached hydrogens (tertiary/aromatic N) is 4. The molecule has 1 saturated heterocycles. The van der Waals surface area contributed by atoms with Crippen molar-refractivity contribution in [3.63, 3.8) is 0 Å². The molecule has 0 bridgehead atoms. The fourth-order valence-corrected chi connectivity index (χ4v) is 2.50. The van der Waals surface area contributed by atoms with Crippen molar-refractivity contribution in [2.45, 2.75) is 39.5 Å². The average molecular weight is 278 g/mol. The Hall–Kier alpha value is -1.73. The third kappa shape index (κ3) is 2.59. The minimum Gasteiger partial charge on any atom is -0.445 e. The molecule has 3 heterocycles. The molecule has 0 aromatic carbocycles. The number of morpholine rings is 1. The molecule has 108 valence electrons. The minimum atomic E-state index is -0.0721. The van der Waals surface area contributed by atoms with Crippen molar-refractivity contribution < 1.29 is 13.7 Å². The van der Waals surface area contributed by atoms with E-state index in [1.165, 1.54) is 0 Å². The van der Waals surface area contributed by atoms with Gasteiger partial charge in [-0.15, -0.1) is 0 Å². The molecule has 0 N–H and O–H groups in total. The van der Waals surface area contributed by atoms with Crippen LogP contribution in [0.2, 0.25) is 0 Å². The summed E-state index contributed by atoms with van der Waals surface area (Å²) in [5, 5.41) is 3.86. The molecule has 3 rings (SSSR count). The number of oxazole rings is 1. The lowest BCUT2D eigenvalue weighted by atomic mass is 10.1. The van der Waals surface area contributed by atoms with E-state index in [1.807, 2.05) is 20.8 Å². The molecule has 7 nitrogen and oxygen atoms in total. The molecular weight excluding hydrogens is 260 g/mol. The lowest BCUT2D eigenvalue weighted by molar-refractivity contribution is -0.0786. The predicted molar refractivity (Wildman–Crippen MR) is 68.8 cm³/mol. The molecule has 0 radical (unpaired) electrons. The maximum Gasteiger partial charge on any atom is 0.246 e. The molecule has 1 aliphatic heterocycles. The molecule has 2 atom stereocenters. The summed E-state index contributed by atoms with van der Waals surface area (Å²) in [6.45, 7) is 7.76. The second kappa shape index (κ2) is 5.34. The lowest BCUT2D eigenvalue weighted by Gasteiger charge is -2.36. The fourth-order valence-electron chi connectivity index (χ4n) is 2.50. The first-order valence-electron chi connectivity index (χ1n) is 6.70. The van der Waals surface area contributed by atoms with Gasteiger partial charge >= 0.3 is 0 Å². The standard InChI is InChI=1S/C13H18N4O3/c1-8-6-14-11(19-8)7-17-4-5-18-9(2)12(17)13-15-10(3)16-20-13/h6,9,12H,4-5,7H2,1-3H3/t9-,12+/m1/s1. The molecule has 2 aromatic rings. The van der Waals surface area contributed by atoms with E-state index in [0.717, 1.165) is 12.3 Å². The summed E-state index contributed by atoms with van der Waals surface area (Å²) in [5.74, 6) is 2.71. The Morgan fingerprint density at radius 1 is 1.40 bits per heavy atom. The topological polar surface area (TPSA) is 77.4 Å². The maximum atomic E-state index is 5.71. The van der Waals surface area contributed by atoms with Crippen LogP contribution < -0.4 is 0 Å². The number of aryl methyl sites for hydroxylation is 2. The van der Waals surface area contributed by atoms with E-state index in [4.69, 9.17) is 13.7 Å². The zero-order valence-corrected chi connectivity index (χ0v) is 11.9. The highest BCUT2D eigenvalue weighted by molar-refractivity contribution is 4.99. The third-order valence-corrected chi connectivity index (χ3v) is 3.40. The van der Waals surface area contributed by atoms with Crippen LogP contribution in [0.25, 0.3) is 0 Å². The van der Waals surface area contributed by atoms with Gasteiger partial charge in [-0.25, -0.2) is 4.98 Å². The molecule has 1 fully saturated rings. The molecule has 7 heteroatoms.